The van der Waals surface area contributed by atoms with Crippen LogP contribution in [0.3, 0.4) is 0 Å². The molecule has 0 unspecified atom stereocenters. The molecule has 0 amide bonds. The van der Waals surface area contributed by atoms with Crippen molar-refractivity contribution < 1.29 is 17.9 Å². The van der Waals surface area contributed by atoms with Crippen molar-refractivity contribution in [3.8, 4) is 5.75 Å². The maximum Gasteiger partial charge on any atom is 0.573 e. The number of hydrogen-bond donors (Lipinski definition) is 0. The standard InChI is InChI=1S/C17H23ClF3NO/c1-16(2,3)13-4-6-22(7-5-13)11-12-8-14(18)10-15(9-12)23-17(19,20)21/h8-10,13H,4-7,11H2,1-3H3. The molecular weight excluding hydrogens is 327 g/mol. The average molecular weight is 350 g/mol. The molecule has 1 heterocycles. The highest BCUT2D eigenvalue weighted by atomic mass is 35.5. The van der Waals surface area contributed by atoms with Crippen molar-refractivity contribution in [3.63, 3.8) is 0 Å². The van der Waals surface area contributed by atoms with Crippen molar-refractivity contribution >= 4 is 11.6 Å². The number of ether oxygens (including phenoxy) is 1. The Kier molecular flexibility index (Phi) is 5.52. The van der Waals surface area contributed by atoms with E-state index in [2.05, 4.69) is 30.4 Å². The largest absolute Gasteiger partial charge is 0.573 e. The molecule has 1 aromatic rings. The minimum atomic E-state index is -4.70. The van der Waals surface area contributed by atoms with Gasteiger partial charge in [0.2, 0.25) is 0 Å². The van der Waals surface area contributed by atoms with Crippen LogP contribution in [0.2, 0.25) is 5.02 Å². The van der Waals surface area contributed by atoms with Gasteiger partial charge < -0.3 is 4.74 Å². The van der Waals surface area contributed by atoms with E-state index >= 15 is 0 Å². The molecule has 2 rings (SSSR count). The Morgan fingerprint density at radius 2 is 1.74 bits per heavy atom. The van der Waals surface area contributed by atoms with Crippen LogP contribution in [-0.4, -0.2) is 24.4 Å². The highest BCUT2D eigenvalue weighted by molar-refractivity contribution is 6.30. The van der Waals surface area contributed by atoms with Crippen LogP contribution < -0.4 is 4.74 Å². The summed E-state index contributed by atoms with van der Waals surface area (Å²) in [6.07, 6.45) is -2.49. The highest BCUT2D eigenvalue weighted by Crippen LogP contribution is 2.35. The van der Waals surface area contributed by atoms with Crippen LogP contribution in [0, 0.1) is 11.3 Å². The first kappa shape index (κ1) is 18.4. The molecule has 0 aliphatic carbocycles. The molecule has 0 saturated carbocycles. The zero-order valence-corrected chi connectivity index (χ0v) is 14.5. The third-order valence-electron chi connectivity index (χ3n) is 4.38. The lowest BCUT2D eigenvalue weighted by molar-refractivity contribution is -0.274. The second kappa shape index (κ2) is 6.89. The van der Waals surface area contributed by atoms with Crippen LogP contribution in [0.1, 0.15) is 39.2 Å². The number of hydrogen-bond acceptors (Lipinski definition) is 2. The van der Waals surface area contributed by atoms with Crippen molar-refractivity contribution in [2.75, 3.05) is 13.1 Å². The maximum absolute atomic E-state index is 12.3. The third-order valence-corrected chi connectivity index (χ3v) is 4.60. The number of halogens is 4. The van der Waals surface area contributed by atoms with Gasteiger partial charge in [-0.2, -0.15) is 0 Å². The van der Waals surface area contributed by atoms with E-state index in [1.165, 1.54) is 12.1 Å². The molecule has 130 valence electrons. The lowest BCUT2D eigenvalue weighted by Crippen LogP contribution is -2.37. The van der Waals surface area contributed by atoms with Crippen molar-refractivity contribution in [2.24, 2.45) is 11.3 Å². The molecular formula is C17H23ClF3NO. The number of piperidine rings is 1. The number of alkyl halides is 3. The second-order valence-corrected chi connectivity index (χ2v) is 7.70. The smallest absolute Gasteiger partial charge is 0.406 e. The molecule has 1 fully saturated rings. The summed E-state index contributed by atoms with van der Waals surface area (Å²) in [7, 11) is 0. The summed E-state index contributed by atoms with van der Waals surface area (Å²) in [5, 5.41) is 0.256. The van der Waals surface area contributed by atoms with E-state index < -0.39 is 6.36 Å². The van der Waals surface area contributed by atoms with Gasteiger partial charge in [0.25, 0.3) is 0 Å². The van der Waals surface area contributed by atoms with Gasteiger partial charge >= 0.3 is 6.36 Å². The van der Waals surface area contributed by atoms with Gasteiger partial charge in [-0.25, -0.2) is 0 Å². The first-order chi connectivity index (χ1) is 10.5. The van der Waals surface area contributed by atoms with Crippen LogP contribution in [-0.2, 0) is 6.54 Å². The van der Waals surface area contributed by atoms with E-state index in [4.69, 9.17) is 11.6 Å². The summed E-state index contributed by atoms with van der Waals surface area (Å²) in [6.45, 7) is 9.25. The van der Waals surface area contributed by atoms with E-state index in [9.17, 15) is 13.2 Å². The lowest BCUT2D eigenvalue weighted by Gasteiger charge is -2.38. The van der Waals surface area contributed by atoms with Crippen LogP contribution in [0.5, 0.6) is 5.75 Å². The molecule has 1 aliphatic rings. The average Bonchev–Trinajstić information content (AvgIpc) is 2.35. The van der Waals surface area contributed by atoms with Crippen molar-refractivity contribution in [1.82, 2.24) is 4.90 Å². The van der Waals surface area contributed by atoms with Gasteiger partial charge in [-0.15, -0.1) is 13.2 Å². The van der Waals surface area contributed by atoms with Crippen molar-refractivity contribution in [3.05, 3.63) is 28.8 Å². The van der Waals surface area contributed by atoms with Gasteiger partial charge in [0.15, 0.2) is 0 Å². The second-order valence-electron chi connectivity index (χ2n) is 7.26. The first-order valence-electron chi connectivity index (χ1n) is 7.80. The monoisotopic (exact) mass is 349 g/mol. The van der Waals surface area contributed by atoms with Gasteiger partial charge in [-0.1, -0.05) is 32.4 Å². The summed E-state index contributed by atoms with van der Waals surface area (Å²) >= 11 is 5.91. The number of nitrogens with zero attached hydrogens (tertiary/aromatic N) is 1. The Morgan fingerprint density at radius 1 is 1.13 bits per heavy atom. The molecule has 23 heavy (non-hydrogen) atoms. The summed E-state index contributed by atoms with van der Waals surface area (Å²) in [6, 6.07) is 4.29. The molecule has 0 atom stereocenters. The Hall–Kier alpha value is -0.940. The fourth-order valence-electron chi connectivity index (χ4n) is 3.12. The third kappa shape index (κ3) is 5.88. The van der Waals surface area contributed by atoms with E-state index in [1.807, 2.05) is 0 Å². The number of benzene rings is 1. The summed E-state index contributed by atoms with van der Waals surface area (Å²) in [5.41, 5.74) is 1.04. The predicted octanol–water partition coefficient (Wildman–Crippen LogP) is 5.50. The van der Waals surface area contributed by atoms with Crippen LogP contribution in [0.25, 0.3) is 0 Å². The minimum Gasteiger partial charge on any atom is -0.406 e. The van der Waals surface area contributed by atoms with Crippen LogP contribution in [0.15, 0.2) is 18.2 Å². The molecule has 1 saturated heterocycles. The maximum atomic E-state index is 12.3. The van der Waals surface area contributed by atoms with Gasteiger partial charge in [0.1, 0.15) is 5.75 Å². The van der Waals surface area contributed by atoms with E-state index in [0.29, 0.717) is 17.9 Å². The summed E-state index contributed by atoms with van der Waals surface area (Å²) in [4.78, 5) is 2.26. The Labute approximate surface area is 140 Å². The van der Waals surface area contributed by atoms with E-state index in [-0.39, 0.29) is 10.8 Å². The summed E-state index contributed by atoms with van der Waals surface area (Å²) < 4.78 is 41.0. The molecule has 2 nitrogen and oxygen atoms in total. The molecule has 6 heteroatoms. The molecule has 0 bridgehead atoms. The van der Waals surface area contributed by atoms with E-state index in [1.54, 1.807) is 6.07 Å². The zero-order valence-electron chi connectivity index (χ0n) is 13.7. The van der Waals surface area contributed by atoms with Crippen LogP contribution in [0.4, 0.5) is 13.2 Å². The van der Waals surface area contributed by atoms with Crippen LogP contribution >= 0.6 is 11.6 Å². The summed E-state index contributed by atoms with van der Waals surface area (Å²) in [5.74, 6) is 0.423. The van der Waals surface area contributed by atoms with Gasteiger partial charge in [0, 0.05) is 11.6 Å². The molecule has 1 aliphatic heterocycles. The fourth-order valence-corrected chi connectivity index (χ4v) is 3.37. The molecule has 0 N–H and O–H groups in total. The van der Waals surface area contributed by atoms with Gasteiger partial charge in [-0.3, -0.25) is 4.90 Å². The zero-order chi connectivity index (χ0) is 17.3. The number of rotatable bonds is 3. The molecule has 0 aromatic heterocycles. The van der Waals surface area contributed by atoms with Crippen molar-refractivity contribution in [1.29, 1.82) is 0 Å². The molecule has 0 spiro atoms. The minimum absolute atomic E-state index is 0.256. The predicted molar refractivity (Wildman–Crippen MR) is 85.6 cm³/mol. The number of likely N-dealkylation sites (tertiary alicyclic amines) is 1. The topological polar surface area (TPSA) is 12.5 Å². The highest BCUT2D eigenvalue weighted by Gasteiger charge is 2.32. The van der Waals surface area contributed by atoms with E-state index in [0.717, 1.165) is 31.5 Å². The Bertz CT molecular complexity index is 532. The molecule has 0 radical (unpaired) electrons. The lowest BCUT2D eigenvalue weighted by atomic mass is 9.75. The normalized spacial score (nSPS) is 18.2. The SMILES string of the molecule is CC(C)(C)C1CCN(Cc2cc(Cl)cc(OC(F)(F)F)c2)CC1. The first-order valence-corrected chi connectivity index (χ1v) is 8.18. The Balaban J connectivity index is 1.98. The quantitative estimate of drug-likeness (QED) is 0.714. The molecule has 1 aromatic carbocycles. The van der Waals surface area contributed by atoms with Gasteiger partial charge in [0.05, 0.1) is 0 Å². The Morgan fingerprint density at radius 3 is 2.26 bits per heavy atom. The van der Waals surface area contributed by atoms with Crippen molar-refractivity contribution in [2.45, 2.75) is 46.5 Å². The van der Waals surface area contributed by atoms with Gasteiger partial charge in [-0.05, 0) is 61.0 Å². The fraction of sp³-hybridized carbons (Fsp3) is 0.647.